The predicted molar refractivity (Wildman–Crippen MR) is 157 cm³/mol. The van der Waals surface area contributed by atoms with E-state index >= 15 is 0 Å². The van der Waals surface area contributed by atoms with Crippen molar-refractivity contribution in [2.45, 2.75) is 64.8 Å². The number of carboxylic acid groups (broad SMARTS) is 1. The van der Waals surface area contributed by atoms with Crippen molar-refractivity contribution in [3.05, 3.63) is 59.2 Å². The number of ketones is 1. The largest absolute Gasteiger partial charge is 0.496 e. The number of carbonyl (C=O) groups excluding carboxylic acids is 2. The molecule has 3 N–H and O–H groups in total. The number of amides is 2. The van der Waals surface area contributed by atoms with E-state index in [4.69, 9.17) is 14.2 Å². The minimum atomic E-state index is -1.39. The van der Waals surface area contributed by atoms with Gasteiger partial charge in [-0.3, -0.25) is 14.5 Å². The zero-order valence-corrected chi connectivity index (χ0v) is 24.6. The Hall–Kier alpha value is -4.31. The molecule has 1 aliphatic rings. The molecule has 0 fully saturated rings. The summed E-state index contributed by atoms with van der Waals surface area (Å²) in [6.07, 6.45) is 4.12. The first-order valence-corrected chi connectivity index (χ1v) is 13.1. The van der Waals surface area contributed by atoms with Crippen LogP contribution in [-0.2, 0) is 4.79 Å². The van der Waals surface area contributed by atoms with Gasteiger partial charge in [0.25, 0.3) is 0 Å². The molecule has 10 heteroatoms. The highest BCUT2D eigenvalue weighted by atomic mass is 16.5. The van der Waals surface area contributed by atoms with E-state index in [-0.39, 0.29) is 11.5 Å². The lowest BCUT2D eigenvalue weighted by Gasteiger charge is -2.39. The van der Waals surface area contributed by atoms with E-state index in [1.54, 1.807) is 64.3 Å². The van der Waals surface area contributed by atoms with Gasteiger partial charge >= 0.3 is 6.09 Å². The maximum atomic E-state index is 13.3. The lowest BCUT2D eigenvalue weighted by molar-refractivity contribution is -0.126. The van der Waals surface area contributed by atoms with Gasteiger partial charge in [0.05, 0.1) is 37.1 Å². The van der Waals surface area contributed by atoms with Crippen LogP contribution >= 0.6 is 0 Å². The van der Waals surface area contributed by atoms with Gasteiger partial charge in [-0.2, -0.15) is 0 Å². The second kappa shape index (κ2) is 12.1. The summed E-state index contributed by atoms with van der Waals surface area (Å²) in [6.45, 7) is 10.0. The second-order valence-electron chi connectivity index (χ2n) is 11.3. The first-order valence-electron chi connectivity index (χ1n) is 13.1. The van der Waals surface area contributed by atoms with E-state index in [9.17, 15) is 24.6 Å². The number of nitrogens with one attached hydrogen (secondary N) is 1. The molecular formula is C31H38N2O8. The van der Waals surface area contributed by atoms with Gasteiger partial charge in [0, 0.05) is 5.54 Å². The summed E-state index contributed by atoms with van der Waals surface area (Å²) in [5, 5.41) is 22.8. The molecule has 0 bridgehead atoms. The SMILES string of the molecule is COc1ccc(/C=C/C(=O)c2ccc(OC)c3c2OC(C)(C)C=C3)cc1NC(=O)C(C(C)O)N(C(=O)O)C(C)(C)C. The molecule has 3 rings (SSSR count). The standard InChI is InChI=1S/C31H38N2O8/c1-18(34)26(33(29(37)38)30(2,3)4)28(36)32-22-17-19(10-13-25(22)40-8)9-12-23(35)20-11-14-24(39-7)21-15-16-31(5,6)41-27(20)21/h9-18,26,34H,1-8H3,(H,32,36)(H,37,38)/b12-9+. The van der Waals surface area contributed by atoms with Crippen LogP contribution in [-0.4, -0.2) is 70.4 Å². The number of allylic oxidation sites excluding steroid dienone is 1. The van der Waals surface area contributed by atoms with Crippen LogP contribution in [0, 0.1) is 0 Å². The molecule has 1 heterocycles. The minimum absolute atomic E-state index is 0.244. The van der Waals surface area contributed by atoms with Crippen molar-refractivity contribution in [3.63, 3.8) is 0 Å². The number of ether oxygens (including phenoxy) is 3. The van der Waals surface area contributed by atoms with Crippen molar-refractivity contribution in [3.8, 4) is 17.2 Å². The van der Waals surface area contributed by atoms with Crippen molar-refractivity contribution < 1.29 is 38.8 Å². The van der Waals surface area contributed by atoms with E-state index in [0.29, 0.717) is 33.9 Å². The highest BCUT2D eigenvalue weighted by molar-refractivity contribution is 6.09. The summed E-state index contributed by atoms with van der Waals surface area (Å²) in [7, 11) is 2.98. The first kappa shape index (κ1) is 31.2. The molecule has 2 aromatic carbocycles. The lowest BCUT2D eigenvalue weighted by Crippen LogP contribution is -2.59. The van der Waals surface area contributed by atoms with Gasteiger partial charge in [-0.25, -0.2) is 4.79 Å². The Morgan fingerprint density at radius 1 is 1.07 bits per heavy atom. The molecule has 2 aromatic rings. The van der Waals surface area contributed by atoms with Crippen LogP contribution in [0.15, 0.2) is 42.5 Å². The van der Waals surface area contributed by atoms with E-state index < -0.39 is 35.3 Å². The number of hydrogen-bond acceptors (Lipinski definition) is 7. The molecule has 0 spiro atoms. The van der Waals surface area contributed by atoms with Crippen LogP contribution in [0.1, 0.15) is 63.0 Å². The Bertz CT molecular complexity index is 1390. The summed E-state index contributed by atoms with van der Waals surface area (Å²) in [5.41, 5.74) is 0.293. The fraction of sp³-hybridized carbons (Fsp3) is 0.387. The third-order valence-electron chi connectivity index (χ3n) is 6.50. The molecular weight excluding hydrogens is 528 g/mol. The Labute approximate surface area is 240 Å². The molecule has 0 aliphatic carbocycles. The van der Waals surface area contributed by atoms with Gasteiger partial charge in [-0.15, -0.1) is 0 Å². The zero-order chi connectivity index (χ0) is 30.7. The van der Waals surface area contributed by atoms with Gasteiger partial charge < -0.3 is 29.7 Å². The number of methoxy groups -OCH3 is 2. The van der Waals surface area contributed by atoms with Gasteiger partial charge in [-0.1, -0.05) is 12.1 Å². The third-order valence-corrected chi connectivity index (χ3v) is 6.50. The number of rotatable bonds is 9. The maximum Gasteiger partial charge on any atom is 0.408 e. The van der Waals surface area contributed by atoms with Crippen LogP contribution < -0.4 is 19.5 Å². The number of aliphatic hydroxyl groups excluding tert-OH is 1. The smallest absolute Gasteiger partial charge is 0.408 e. The van der Waals surface area contributed by atoms with Crippen molar-refractivity contribution in [1.82, 2.24) is 4.90 Å². The molecule has 2 unspecified atom stereocenters. The van der Waals surface area contributed by atoms with Crippen LogP contribution in [0.2, 0.25) is 0 Å². The van der Waals surface area contributed by atoms with Crippen molar-refractivity contribution in [2.75, 3.05) is 19.5 Å². The van der Waals surface area contributed by atoms with Gasteiger partial charge in [-0.05, 0) is 89.6 Å². The number of anilines is 1. The van der Waals surface area contributed by atoms with Gasteiger partial charge in [0.15, 0.2) is 5.78 Å². The Kier molecular flexibility index (Phi) is 9.18. The average molecular weight is 567 g/mol. The predicted octanol–water partition coefficient (Wildman–Crippen LogP) is 5.25. The number of carbonyl (C=O) groups is 3. The molecule has 1 aliphatic heterocycles. The molecule has 2 atom stereocenters. The zero-order valence-electron chi connectivity index (χ0n) is 24.6. The number of nitrogens with zero attached hydrogens (tertiary/aromatic N) is 1. The Morgan fingerprint density at radius 2 is 1.71 bits per heavy atom. The molecule has 0 aromatic heterocycles. The summed E-state index contributed by atoms with van der Waals surface area (Å²) < 4.78 is 16.9. The number of aliphatic hydroxyl groups is 1. The molecule has 0 saturated heterocycles. The fourth-order valence-electron chi connectivity index (χ4n) is 4.57. The molecule has 10 nitrogen and oxygen atoms in total. The normalized spacial score (nSPS) is 15.3. The number of fused-ring (bicyclic) bond motifs is 1. The topological polar surface area (TPSA) is 135 Å². The first-order chi connectivity index (χ1) is 19.1. The quantitative estimate of drug-likeness (QED) is 0.277. The monoisotopic (exact) mass is 566 g/mol. The highest BCUT2D eigenvalue weighted by Crippen LogP contribution is 2.40. The maximum absolute atomic E-state index is 13.3. The summed E-state index contributed by atoms with van der Waals surface area (Å²) in [6, 6.07) is 6.88. The van der Waals surface area contributed by atoms with Crippen LogP contribution in [0.4, 0.5) is 10.5 Å². The van der Waals surface area contributed by atoms with Crippen molar-refractivity contribution in [2.24, 2.45) is 0 Å². The van der Waals surface area contributed by atoms with Gasteiger partial charge in [0.1, 0.15) is 28.9 Å². The Morgan fingerprint density at radius 3 is 2.27 bits per heavy atom. The number of hydrogen-bond donors (Lipinski definition) is 3. The Balaban J connectivity index is 1.92. The molecule has 220 valence electrons. The molecule has 41 heavy (non-hydrogen) atoms. The molecule has 0 radical (unpaired) electrons. The van der Waals surface area contributed by atoms with Crippen molar-refractivity contribution >= 4 is 35.6 Å². The second-order valence-corrected chi connectivity index (χ2v) is 11.3. The average Bonchev–Trinajstić information content (AvgIpc) is 2.87. The van der Waals surface area contributed by atoms with E-state index in [2.05, 4.69) is 5.32 Å². The highest BCUT2D eigenvalue weighted by Gasteiger charge is 2.40. The summed E-state index contributed by atoms with van der Waals surface area (Å²) in [5.74, 6) is 0.306. The summed E-state index contributed by atoms with van der Waals surface area (Å²) in [4.78, 5) is 39.5. The minimum Gasteiger partial charge on any atom is -0.496 e. The molecule has 2 amide bonds. The van der Waals surface area contributed by atoms with Gasteiger partial charge in [0.2, 0.25) is 5.91 Å². The van der Waals surface area contributed by atoms with Crippen LogP contribution in [0.5, 0.6) is 17.2 Å². The summed E-state index contributed by atoms with van der Waals surface area (Å²) >= 11 is 0. The van der Waals surface area contributed by atoms with Crippen molar-refractivity contribution in [1.29, 1.82) is 0 Å². The lowest BCUT2D eigenvalue weighted by atomic mass is 9.97. The van der Waals surface area contributed by atoms with Crippen LogP contribution in [0.3, 0.4) is 0 Å². The van der Waals surface area contributed by atoms with Crippen LogP contribution in [0.25, 0.3) is 12.2 Å². The molecule has 0 saturated carbocycles. The third kappa shape index (κ3) is 7.07. The van der Waals surface area contributed by atoms with E-state index in [1.807, 2.05) is 26.0 Å². The number of benzene rings is 2. The fourth-order valence-corrected chi connectivity index (χ4v) is 4.57. The van der Waals surface area contributed by atoms with E-state index in [1.165, 1.54) is 20.1 Å². The van der Waals surface area contributed by atoms with E-state index in [0.717, 1.165) is 4.90 Å².